The first-order valence-corrected chi connectivity index (χ1v) is 5.06. The van der Waals surface area contributed by atoms with Crippen molar-refractivity contribution in [3.05, 3.63) is 23.8 Å². The summed E-state index contributed by atoms with van der Waals surface area (Å²) in [5.74, 6) is -0.0255. The van der Waals surface area contributed by atoms with Crippen LogP contribution in [0.4, 0.5) is 13.2 Å². The predicted octanol–water partition coefficient (Wildman–Crippen LogP) is 3.43. The van der Waals surface area contributed by atoms with Crippen LogP contribution in [0.5, 0.6) is 11.5 Å². The van der Waals surface area contributed by atoms with Gasteiger partial charge in [0.25, 0.3) is 0 Å². The quantitative estimate of drug-likeness (QED) is 0.922. The lowest BCUT2D eigenvalue weighted by atomic mass is 10.0. The molecule has 0 fully saturated rings. The maximum atomic E-state index is 12.0. The molecule has 0 unspecified atom stereocenters. The van der Waals surface area contributed by atoms with Crippen LogP contribution in [0.3, 0.4) is 0 Å². The fourth-order valence-corrected chi connectivity index (χ4v) is 1.41. The molecule has 0 spiro atoms. The Bertz CT molecular complexity index is 385. The summed E-state index contributed by atoms with van der Waals surface area (Å²) in [6.45, 7) is 1.88. The molecule has 0 bridgehead atoms. The van der Waals surface area contributed by atoms with Crippen molar-refractivity contribution in [2.24, 2.45) is 5.73 Å². The van der Waals surface area contributed by atoms with E-state index in [2.05, 4.69) is 4.74 Å². The molecular weight excluding hydrogens is 271 g/mol. The molecule has 0 amide bonds. The zero-order valence-corrected chi connectivity index (χ0v) is 10.8. The monoisotopic (exact) mass is 285 g/mol. The van der Waals surface area contributed by atoms with Crippen LogP contribution < -0.4 is 15.2 Å². The van der Waals surface area contributed by atoms with E-state index in [0.29, 0.717) is 17.7 Å². The van der Waals surface area contributed by atoms with Crippen molar-refractivity contribution >= 4 is 12.4 Å². The number of alkyl halides is 3. The van der Waals surface area contributed by atoms with Crippen molar-refractivity contribution < 1.29 is 22.6 Å². The topological polar surface area (TPSA) is 44.5 Å². The Kier molecular flexibility index (Phi) is 6.28. The second-order valence-corrected chi connectivity index (χ2v) is 3.47. The average molecular weight is 286 g/mol. The van der Waals surface area contributed by atoms with E-state index >= 15 is 0 Å². The van der Waals surface area contributed by atoms with Crippen molar-refractivity contribution in [1.29, 1.82) is 0 Å². The Morgan fingerprint density at radius 2 is 1.94 bits per heavy atom. The molecule has 0 aliphatic carbocycles. The minimum Gasteiger partial charge on any atom is -0.496 e. The number of ether oxygens (including phenoxy) is 2. The van der Waals surface area contributed by atoms with Crippen LogP contribution in [0, 0.1) is 0 Å². The van der Waals surface area contributed by atoms with Crippen LogP contribution in [0.1, 0.15) is 24.9 Å². The first-order valence-electron chi connectivity index (χ1n) is 5.06. The maximum Gasteiger partial charge on any atom is 0.573 e. The van der Waals surface area contributed by atoms with E-state index in [1.54, 1.807) is 0 Å². The van der Waals surface area contributed by atoms with E-state index in [-0.39, 0.29) is 24.2 Å². The normalized spacial score (nSPS) is 12.6. The molecule has 1 aromatic carbocycles. The summed E-state index contributed by atoms with van der Waals surface area (Å²) >= 11 is 0. The van der Waals surface area contributed by atoms with Crippen molar-refractivity contribution in [2.45, 2.75) is 25.7 Å². The molecule has 1 rings (SSSR count). The molecule has 104 valence electrons. The van der Waals surface area contributed by atoms with Gasteiger partial charge in [-0.25, -0.2) is 0 Å². The van der Waals surface area contributed by atoms with Gasteiger partial charge >= 0.3 is 6.36 Å². The third kappa shape index (κ3) is 4.62. The second-order valence-electron chi connectivity index (χ2n) is 3.47. The molecule has 0 aliphatic rings. The van der Waals surface area contributed by atoms with E-state index < -0.39 is 6.36 Å². The van der Waals surface area contributed by atoms with Crippen LogP contribution in [0.2, 0.25) is 0 Å². The number of halogens is 4. The standard InChI is InChI=1S/C11H14F3NO2.ClH/c1-3-9(15)8-5-4-7(6-10(8)16-2)17-11(12,13)14;/h4-6,9H,3,15H2,1-2H3;1H/t9-;/m0./s1. The fourth-order valence-electron chi connectivity index (χ4n) is 1.41. The van der Waals surface area contributed by atoms with Gasteiger partial charge in [-0.15, -0.1) is 25.6 Å². The number of hydrogen-bond acceptors (Lipinski definition) is 3. The molecule has 18 heavy (non-hydrogen) atoms. The highest BCUT2D eigenvalue weighted by atomic mass is 35.5. The summed E-state index contributed by atoms with van der Waals surface area (Å²) < 4.78 is 44.8. The zero-order valence-electron chi connectivity index (χ0n) is 9.95. The third-order valence-electron chi connectivity index (χ3n) is 2.28. The molecular formula is C11H15ClF3NO2. The number of nitrogens with two attached hydrogens (primary N) is 1. The van der Waals surface area contributed by atoms with Crippen molar-refractivity contribution in [3.8, 4) is 11.5 Å². The fraction of sp³-hybridized carbons (Fsp3) is 0.455. The van der Waals surface area contributed by atoms with Crippen LogP contribution in [-0.4, -0.2) is 13.5 Å². The minimum absolute atomic E-state index is 0. The van der Waals surface area contributed by atoms with Gasteiger partial charge in [0.05, 0.1) is 7.11 Å². The predicted molar refractivity (Wildman–Crippen MR) is 64.1 cm³/mol. The maximum absolute atomic E-state index is 12.0. The van der Waals surface area contributed by atoms with Crippen LogP contribution in [-0.2, 0) is 0 Å². The molecule has 0 aromatic heterocycles. The Hall–Kier alpha value is -1.14. The summed E-state index contributed by atoms with van der Waals surface area (Å²) in [6.07, 6.45) is -4.05. The van der Waals surface area contributed by atoms with E-state index in [1.807, 2.05) is 6.92 Å². The molecule has 0 aliphatic heterocycles. The number of hydrogen-bond donors (Lipinski definition) is 1. The van der Waals surface area contributed by atoms with Gasteiger partial charge in [-0.3, -0.25) is 0 Å². The summed E-state index contributed by atoms with van der Waals surface area (Å²) in [6, 6.07) is 3.61. The van der Waals surface area contributed by atoms with Gasteiger partial charge in [0, 0.05) is 17.7 Å². The Balaban J connectivity index is 0.00000289. The lowest BCUT2D eigenvalue weighted by Gasteiger charge is -2.16. The van der Waals surface area contributed by atoms with Crippen molar-refractivity contribution in [2.75, 3.05) is 7.11 Å². The smallest absolute Gasteiger partial charge is 0.496 e. The summed E-state index contributed by atoms with van der Waals surface area (Å²) in [7, 11) is 1.37. The van der Waals surface area contributed by atoms with E-state index in [0.717, 1.165) is 0 Å². The lowest BCUT2D eigenvalue weighted by Crippen LogP contribution is -2.17. The molecule has 0 saturated carbocycles. The largest absolute Gasteiger partial charge is 0.573 e. The summed E-state index contributed by atoms with van der Waals surface area (Å²) in [5, 5.41) is 0. The van der Waals surface area contributed by atoms with Gasteiger partial charge in [-0.2, -0.15) is 0 Å². The van der Waals surface area contributed by atoms with Gasteiger partial charge in [0.1, 0.15) is 11.5 Å². The van der Waals surface area contributed by atoms with Crippen LogP contribution >= 0.6 is 12.4 Å². The molecule has 0 saturated heterocycles. The molecule has 0 heterocycles. The second kappa shape index (κ2) is 6.70. The molecule has 1 atom stereocenters. The summed E-state index contributed by atoms with van der Waals surface area (Å²) in [4.78, 5) is 0. The van der Waals surface area contributed by atoms with Gasteiger partial charge in [0.2, 0.25) is 0 Å². The third-order valence-corrected chi connectivity index (χ3v) is 2.28. The highest BCUT2D eigenvalue weighted by Gasteiger charge is 2.31. The van der Waals surface area contributed by atoms with Crippen LogP contribution in [0.15, 0.2) is 18.2 Å². The number of benzene rings is 1. The highest BCUT2D eigenvalue weighted by Crippen LogP contribution is 2.32. The minimum atomic E-state index is -4.71. The number of methoxy groups -OCH3 is 1. The van der Waals surface area contributed by atoms with Gasteiger partial charge in [-0.1, -0.05) is 13.0 Å². The summed E-state index contributed by atoms with van der Waals surface area (Å²) in [5.41, 5.74) is 6.46. The highest BCUT2D eigenvalue weighted by molar-refractivity contribution is 5.85. The van der Waals surface area contributed by atoms with Gasteiger partial charge < -0.3 is 15.2 Å². The van der Waals surface area contributed by atoms with E-state index in [1.165, 1.54) is 25.3 Å². The Morgan fingerprint density at radius 1 is 1.33 bits per heavy atom. The molecule has 1 aromatic rings. The van der Waals surface area contributed by atoms with Crippen LogP contribution in [0.25, 0.3) is 0 Å². The Labute approximate surface area is 109 Å². The lowest BCUT2D eigenvalue weighted by molar-refractivity contribution is -0.274. The zero-order chi connectivity index (χ0) is 13.1. The van der Waals surface area contributed by atoms with Crippen molar-refractivity contribution in [1.82, 2.24) is 0 Å². The molecule has 2 N–H and O–H groups in total. The van der Waals surface area contributed by atoms with Gasteiger partial charge in [0.15, 0.2) is 0 Å². The van der Waals surface area contributed by atoms with E-state index in [9.17, 15) is 13.2 Å². The van der Waals surface area contributed by atoms with E-state index in [4.69, 9.17) is 10.5 Å². The molecule has 7 heteroatoms. The Morgan fingerprint density at radius 3 is 2.39 bits per heavy atom. The molecule has 3 nitrogen and oxygen atoms in total. The SMILES string of the molecule is CC[C@H](N)c1ccc(OC(F)(F)F)cc1OC.Cl. The number of rotatable bonds is 4. The first-order chi connectivity index (χ1) is 7.87. The first kappa shape index (κ1) is 16.9. The molecule has 0 radical (unpaired) electrons. The van der Waals surface area contributed by atoms with Crippen molar-refractivity contribution in [3.63, 3.8) is 0 Å². The average Bonchev–Trinajstić information content (AvgIpc) is 2.25. The van der Waals surface area contributed by atoms with Gasteiger partial charge in [-0.05, 0) is 12.5 Å².